The molecule has 0 radical (unpaired) electrons. The molecular weight excluding hydrogens is 563 g/mol. The van der Waals surface area contributed by atoms with Gasteiger partial charge < -0.3 is 30.3 Å². The van der Waals surface area contributed by atoms with Crippen LogP contribution in [-0.2, 0) is 37.7 Å². The van der Waals surface area contributed by atoms with Gasteiger partial charge in [-0.05, 0) is 49.8 Å². The number of halogens is 1. The summed E-state index contributed by atoms with van der Waals surface area (Å²) in [6.07, 6.45) is 1.46. The van der Waals surface area contributed by atoms with E-state index in [0.717, 1.165) is 4.90 Å². The third-order valence-electron chi connectivity index (χ3n) is 8.56. The Balaban J connectivity index is 1.77. The van der Waals surface area contributed by atoms with Crippen molar-refractivity contribution in [3.05, 3.63) is 57.0 Å². The van der Waals surface area contributed by atoms with E-state index in [4.69, 9.17) is 4.74 Å². The van der Waals surface area contributed by atoms with Crippen LogP contribution in [0.5, 0.6) is 5.75 Å². The number of likely N-dealkylation sites (N-methyl/N-ethyl adjacent to an activating group) is 2. The van der Waals surface area contributed by atoms with Gasteiger partial charge in [0.2, 0.25) is 11.7 Å². The van der Waals surface area contributed by atoms with Crippen molar-refractivity contribution in [3.63, 3.8) is 0 Å². The second kappa shape index (κ2) is 12.1. The highest BCUT2D eigenvalue weighted by Gasteiger charge is 2.54. The molecular formula is C29H37FN6O7. The minimum absolute atomic E-state index is 0.0232. The van der Waals surface area contributed by atoms with Gasteiger partial charge in [0, 0.05) is 53.3 Å². The monoisotopic (exact) mass is 600 g/mol. The van der Waals surface area contributed by atoms with Gasteiger partial charge in [0.05, 0.1) is 0 Å². The number of aromatic hydroxyl groups is 1. The zero-order valence-corrected chi connectivity index (χ0v) is 25.0. The van der Waals surface area contributed by atoms with Crippen molar-refractivity contribution in [1.82, 2.24) is 30.0 Å². The standard InChI is InChI=1S/C29H37FN6O7/c1-17-12-18(6-7-19(17)30)13-31-23(39)21-22(38)24(40)36-16-28(15-32-20(37)14-43-5)8-10-29(11-9-28,27(36)33-21)35(4)26(42)25(41)34(2)3/h6-7,12,38H,8-11,13-16H2,1-5H3,(H,31,39)(H,32,37). The van der Waals surface area contributed by atoms with Crippen molar-refractivity contribution in [2.24, 2.45) is 5.41 Å². The molecule has 232 valence electrons. The Hall–Kier alpha value is -4.33. The zero-order chi connectivity index (χ0) is 31.7. The van der Waals surface area contributed by atoms with Crippen molar-refractivity contribution in [1.29, 1.82) is 0 Å². The average molecular weight is 601 g/mol. The van der Waals surface area contributed by atoms with E-state index in [-0.39, 0.29) is 50.8 Å². The number of hydrogen-bond acceptors (Lipinski definition) is 8. The number of nitrogens with zero attached hydrogens (tertiary/aromatic N) is 4. The highest BCUT2D eigenvalue weighted by atomic mass is 19.1. The summed E-state index contributed by atoms with van der Waals surface area (Å²) < 4.78 is 19.8. The summed E-state index contributed by atoms with van der Waals surface area (Å²) >= 11 is 0. The summed E-state index contributed by atoms with van der Waals surface area (Å²) in [6.45, 7) is 1.68. The van der Waals surface area contributed by atoms with Gasteiger partial charge in [0.25, 0.3) is 11.5 Å². The van der Waals surface area contributed by atoms with Crippen molar-refractivity contribution in [3.8, 4) is 5.75 Å². The van der Waals surface area contributed by atoms with Crippen molar-refractivity contribution in [2.75, 3.05) is 41.4 Å². The van der Waals surface area contributed by atoms with Crippen LogP contribution in [0, 0.1) is 18.2 Å². The molecule has 0 atom stereocenters. The molecule has 2 bridgehead atoms. The van der Waals surface area contributed by atoms with Gasteiger partial charge >= 0.3 is 11.8 Å². The second-order valence-corrected chi connectivity index (χ2v) is 11.6. The van der Waals surface area contributed by atoms with E-state index >= 15 is 0 Å². The molecule has 1 aromatic carbocycles. The number of fused-ring (bicyclic) bond motifs is 2. The summed E-state index contributed by atoms with van der Waals surface area (Å²) in [6, 6.07) is 4.34. The first-order chi connectivity index (χ1) is 20.2. The maximum absolute atomic E-state index is 13.7. The van der Waals surface area contributed by atoms with E-state index in [1.807, 2.05) is 0 Å². The number of hydrogen-bond donors (Lipinski definition) is 3. The van der Waals surface area contributed by atoms with E-state index in [1.165, 1.54) is 49.9 Å². The number of ether oxygens (including phenoxy) is 1. The van der Waals surface area contributed by atoms with Crippen LogP contribution in [0.15, 0.2) is 23.0 Å². The molecule has 13 nitrogen and oxygen atoms in total. The minimum atomic E-state index is -1.25. The Morgan fingerprint density at radius 2 is 1.77 bits per heavy atom. The maximum Gasteiger partial charge on any atom is 0.312 e. The number of amides is 4. The van der Waals surface area contributed by atoms with Gasteiger partial charge in [0.15, 0.2) is 5.69 Å². The van der Waals surface area contributed by atoms with Crippen LogP contribution in [0.25, 0.3) is 0 Å². The Labute approximate surface area is 248 Å². The fourth-order valence-electron chi connectivity index (χ4n) is 5.91. The normalized spacial score (nSPS) is 20.5. The van der Waals surface area contributed by atoms with Crippen LogP contribution >= 0.6 is 0 Å². The summed E-state index contributed by atoms with van der Waals surface area (Å²) in [5.41, 5.74) is -2.31. The number of aryl methyl sites for hydroxylation is 1. The molecule has 0 spiro atoms. The Kier molecular flexibility index (Phi) is 8.90. The highest BCUT2D eigenvalue weighted by molar-refractivity contribution is 6.34. The molecule has 1 fully saturated rings. The van der Waals surface area contributed by atoms with Gasteiger partial charge in [-0.2, -0.15) is 0 Å². The molecule has 0 unspecified atom stereocenters. The molecule has 43 heavy (non-hydrogen) atoms. The number of rotatable bonds is 8. The average Bonchev–Trinajstić information content (AvgIpc) is 3.21. The van der Waals surface area contributed by atoms with E-state index in [0.29, 0.717) is 24.0 Å². The Morgan fingerprint density at radius 1 is 1.09 bits per heavy atom. The summed E-state index contributed by atoms with van der Waals surface area (Å²) in [4.78, 5) is 72.1. The van der Waals surface area contributed by atoms with Crippen LogP contribution in [0.2, 0.25) is 0 Å². The fourth-order valence-corrected chi connectivity index (χ4v) is 5.91. The molecule has 1 aromatic heterocycles. The molecule has 2 aromatic rings. The van der Waals surface area contributed by atoms with Crippen LogP contribution in [0.1, 0.15) is 53.1 Å². The third-order valence-corrected chi connectivity index (χ3v) is 8.56. The van der Waals surface area contributed by atoms with Gasteiger partial charge in [-0.1, -0.05) is 12.1 Å². The fraction of sp³-hybridized carbons (Fsp3) is 0.517. The first kappa shape index (κ1) is 31.6. The van der Waals surface area contributed by atoms with Gasteiger partial charge in [-0.15, -0.1) is 0 Å². The lowest BCUT2D eigenvalue weighted by molar-refractivity contribution is -0.155. The SMILES string of the molecule is COCC(=O)NCC12CCC(N(C)C(=O)C(=O)N(C)C)(CC1)c1nc(C(=O)NCc3ccc(F)c(C)c3)c(O)c(=O)n1C2. The molecule has 3 heterocycles. The number of methoxy groups -OCH3 is 1. The van der Waals surface area contributed by atoms with Gasteiger partial charge in [0.1, 0.15) is 23.8 Å². The second-order valence-electron chi connectivity index (χ2n) is 11.6. The summed E-state index contributed by atoms with van der Waals surface area (Å²) in [5, 5.41) is 16.4. The third kappa shape index (κ3) is 5.96. The molecule has 1 aliphatic carbocycles. The molecule has 4 amide bonds. The predicted octanol–water partition coefficient (Wildman–Crippen LogP) is 0.405. The van der Waals surface area contributed by atoms with Crippen LogP contribution < -0.4 is 16.2 Å². The smallest absolute Gasteiger partial charge is 0.312 e. The van der Waals surface area contributed by atoms with E-state index in [2.05, 4.69) is 15.6 Å². The lowest BCUT2D eigenvalue weighted by atomic mass is 9.67. The van der Waals surface area contributed by atoms with Crippen LogP contribution in [0.3, 0.4) is 0 Å². The topological polar surface area (TPSA) is 163 Å². The Bertz CT molecular complexity index is 1510. The van der Waals surface area contributed by atoms with E-state index in [9.17, 15) is 33.5 Å². The van der Waals surface area contributed by atoms with Crippen LogP contribution in [-0.4, -0.2) is 89.5 Å². The molecule has 3 aliphatic rings. The van der Waals surface area contributed by atoms with Gasteiger partial charge in [-0.3, -0.25) is 28.5 Å². The largest absolute Gasteiger partial charge is 0.501 e. The van der Waals surface area contributed by atoms with Crippen molar-refractivity contribution < 1.29 is 33.4 Å². The number of carbonyl (C=O) groups excluding carboxylic acids is 4. The molecule has 2 aliphatic heterocycles. The molecule has 14 heteroatoms. The number of nitrogens with one attached hydrogen (secondary N) is 2. The summed E-state index contributed by atoms with van der Waals surface area (Å²) in [7, 11) is 5.77. The molecule has 0 saturated heterocycles. The maximum atomic E-state index is 13.7. The quantitative estimate of drug-likeness (QED) is 0.367. The molecule has 5 rings (SSSR count). The first-order valence-electron chi connectivity index (χ1n) is 13.9. The molecule has 3 N–H and O–H groups in total. The number of benzene rings is 1. The Morgan fingerprint density at radius 3 is 2.37 bits per heavy atom. The van der Waals surface area contributed by atoms with Crippen LogP contribution in [0.4, 0.5) is 4.39 Å². The predicted molar refractivity (Wildman–Crippen MR) is 151 cm³/mol. The minimum Gasteiger partial charge on any atom is -0.501 e. The highest BCUT2D eigenvalue weighted by Crippen LogP contribution is 2.51. The first-order valence-corrected chi connectivity index (χ1v) is 13.9. The van der Waals surface area contributed by atoms with Crippen molar-refractivity contribution in [2.45, 2.75) is 51.2 Å². The lowest BCUT2D eigenvalue weighted by Gasteiger charge is -2.46. The number of carbonyl (C=O) groups is 4. The van der Waals surface area contributed by atoms with Gasteiger partial charge in [-0.25, -0.2) is 9.37 Å². The summed E-state index contributed by atoms with van der Waals surface area (Å²) in [5.74, 6) is -3.96. The zero-order valence-electron chi connectivity index (χ0n) is 25.0. The molecule has 1 saturated carbocycles. The van der Waals surface area contributed by atoms with E-state index in [1.54, 1.807) is 13.0 Å². The van der Waals surface area contributed by atoms with E-state index < -0.39 is 51.5 Å². The van der Waals surface area contributed by atoms with Crippen molar-refractivity contribution >= 4 is 23.6 Å². The number of aromatic nitrogens is 2. The lowest BCUT2D eigenvalue weighted by Crippen LogP contribution is -2.55.